The van der Waals surface area contributed by atoms with Crippen molar-refractivity contribution in [2.45, 2.75) is 19.2 Å². The Balaban J connectivity index is 2.23. The van der Waals surface area contributed by atoms with Crippen molar-refractivity contribution in [3.05, 3.63) is 28.7 Å². The molecule has 1 N–H and O–H groups in total. The molecule has 17 heavy (non-hydrogen) atoms. The van der Waals surface area contributed by atoms with Crippen LogP contribution in [-0.2, 0) is 4.74 Å². The predicted molar refractivity (Wildman–Crippen MR) is 64.1 cm³/mol. The van der Waals surface area contributed by atoms with Gasteiger partial charge in [-0.25, -0.2) is 0 Å². The molecule has 6 heteroatoms. The fourth-order valence-corrected chi connectivity index (χ4v) is 1.36. The van der Waals surface area contributed by atoms with Crippen molar-refractivity contribution in [2.75, 3.05) is 18.5 Å². The van der Waals surface area contributed by atoms with Crippen LogP contribution in [-0.4, -0.2) is 25.4 Å². The van der Waals surface area contributed by atoms with Gasteiger partial charge in [-0.3, -0.25) is 0 Å². The maximum Gasteiger partial charge on any atom is 0.414 e. The maximum atomic E-state index is 12.1. The molecule has 1 atom stereocenters. The minimum absolute atomic E-state index is 0.0107. The van der Waals surface area contributed by atoms with Crippen molar-refractivity contribution in [3.8, 4) is 0 Å². The number of ether oxygens (including phenoxy) is 1. The van der Waals surface area contributed by atoms with Crippen LogP contribution in [0.25, 0.3) is 0 Å². The average Bonchev–Trinajstić information content (AvgIpc) is 2.25. The van der Waals surface area contributed by atoms with Crippen molar-refractivity contribution in [1.29, 1.82) is 0 Å². The van der Waals surface area contributed by atoms with E-state index in [1.807, 2.05) is 24.3 Å². The summed E-state index contributed by atoms with van der Waals surface area (Å²) in [5, 5.41) is 2.97. The monoisotopic (exact) mass is 311 g/mol. The third-order valence-corrected chi connectivity index (χ3v) is 2.63. The van der Waals surface area contributed by atoms with Crippen LogP contribution < -0.4 is 5.32 Å². The standard InChI is InChI=1S/C11H13BrF3NO/c1-8(11(13,14)15)17-7-6-16-10-4-2-9(12)3-5-10/h2-5,8,16H,6-7H2,1H3. The van der Waals surface area contributed by atoms with E-state index in [-0.39, 0.29) is 6.61 Å². The highest BCUT2D eigenvalue weighted by Crippen LogP contribution is 2.22. The van der Waals surface area contributed by atoms with E-state index in [1.165, 1.54) is 0 Å². The first-order valence-electron chi connectivity index (χ1n) is 5.07. The Bertz CT molecular complexity index is 340. The van der Waals surface area contributed by atoms with Gasteiger partial charge in [-0.05, 0) is 31.2 Å². The smallest absolute Gasteiger partial charge is 0.383 e. The summed E-state index contributed by atoms with van der Waals surface area (Å²) in [6, 6.07) is 7.36. The lowest BCUT2D eigenvalue weighted by molar-refractivity contribution is -0.213. The number of rotatable bonds is 5. The Labute approximate surface area is 106 Å². The first-order chi connectivity index (χ1) is 7.89. The Morgan fingerprint density at radius 3 is 2.41 bits per heavy atom. The molecule has 1 unspecified atom stereocenters. The molecule has 0 saturated heterocycles. The van der Waals surface area contributed by atoms with Gasteiger partial charge in [0.1, 0.15) is 0 Å². The number of anilines is 1. The topological polar surface area (TPSA) is 21.3 Å². The van der Waals surface area contributed by atoms with E-state index in [4.69, 9.17) is 0 Å². The minimum Gasteiger partial charge on any atom is -0.383 e. The molecule has 0 spiro atoms. The summed E-state index contributed by atoms with van der Waals surface area (Å²) in [6.07, 6.45) is -6.02. The van der Waals surface area contributed by atoms with E-state index in [0.717, 1.165) is 17.1 Å². The predicted octanol–water partition coefficient (Wildman–Crippen LogP) is 3.83. The van der Waals surface area contributed by atoms with Crippen molar-refractivity contribution in [2.24, 2.45) is 0 Å². The lowest BCUT2D eigenvalue weighted by Gasteiger charge is -2.16. The molecule has 0 amide bonds. The molecule has 0 bridgehead atoms. The largest absolute Gasteiger partial charge is 0.414 e. The fourth-order valence-electron chi connectivity index (χ4n) is 1.09. The number of hydrogen-bond donors (Lipinski definition) is 1. The molecular weight excluding hydrogens is 299 g/mol. The lowest BCUT2D eigenvalue weighted by Crippen LogP contribution is -2.30. The molecule has 0 aromatic heterocycles. The highest BCUT2D eigenvalue weighted by Gasteiger charge is 2.36. The van der Waals surface area contributed by atoms with Crippen molar-refractivity contribution < 1.29 is 17.9 Å². The molecule has 0 saturated carbocycles. The maximum absolute atomic E-state index is 12.1. The summed E-state index contributed by atoms with van der Waals surface area (Å²) in [4.78, 5) is 0. The number of hydrogen-bond acceptors (Lipinski definition) is 2. The van der Waals surface area contributed by atoms with Crippen LogP contribution in [0.1, 0.15) is 6.92 Å². The van der Waals surface area contributed by atoms with Gasteiger partial charge in [0, 0.05) is 16.7 Å². The third kappa shape index (κ3) is 5.41. The van der Waals surface area contributed by atoms with E-state index >= 15 is 0 Å². The highest BCUT2D eigenvalue weighted by atomic mass is 79.9. The molecule has 0 aliphatic carbocycles. The van der Waals surface area contributed by atoms with E-state index in [9.17, 15) is 13.2 Å². The van der Waals surface area contributed by atoms with E-state index in [2.05, 4.69) is 26.0 Å². The molecule has 0 aliphatic heterocycles. The average molecular weight is 312 g/mol. The molecule has 0 heterocycles. The second kappa shape index (κ2) is 6.26. The second-order valence-corrected chi connectivity index (χ2v) is 4.40. The Morgan fingerprint density at radius 2 is 1.88 bits per heavy atom. The van der Waals surface area contributed by atoms with E-state index < -0.39 is 12.3 Å². The quantitative estimate of drug-likeness (QED) is 0.834. The first-order valence-corrected chi connectivity index (χ1v) is 5.86. The Morgan fingerprint density at radius 1 is 1.29 bits per heavy atom. The van der Waals surface area contributed by atoms with Gasteiger partial charge in [0.15, 0.2) is 6.10 Å². The molecular formula is C11H13BrF3NO. The molecule has 0 radical (unpaired) electrons. The van der Waals surface area contributed by atoms with Crippen molar-refractivity contribution >= 4 is 21.6 Å². The van der Waals surface area contributed by atoms with Gasteiger partial charge in [0.05, 0.1) is 6.61 Å². The summed E-state index contributed by atoms with van der Waals surface area (Å²) in [5.74, 6) is 0. The van der Waals surface area contributed by atoms with Crippen LogP contribution >= 0.6 is 15.9 Å². The minimum atomic E-state index is -4.29. The van der Waals surface area contributed by atoms with Crippen LogP contribution in [0.15, 0.2) is 28.7 Å². The zero-order valence-electron chi connectivity index (χ0n) is 9.22. The Hall–Kier alpha value is -0.750. The molecule has 1 aromatic rings. The van der Waals surface area contributed by atoms with Crippen LogP contribution in [0.4, 0.5) is 18.9 Å². The normalized spacial score (nSPS) is 13.5. The van der Waals surface area contributed by atoms with Crippen LogP contribution in [0.3, 0.4) is 0 Å². The van der Waals surface area contributed by atoms with Gasteiger partial charge in [-0.1, -0.05) is 15.9 Å². The van der Waals surface area contributed by atoms with E-state index in [1.54, 1.807) is 0 Å². The molecule has 0 aliphatic rings. The number of nitrogens with one attached hydrogen (secondary N) is 1. The van der Waals surface area contributed by atoms with E-state index in [0.29, 0.717) is 6.54 Å². The Kier molecular flexibility index (Phi) is 5.27. The summed E-state index contributed by atoms with van der Waals surface area (Å²) in [5.41, 5.74) is 0.844. The van der Waals surface area contributed by atoms with Crippen LogP contribution in [0.5, 0.6) is 0 Å². The number of benzene rings is 1. The molecule has 0 fully saturated rings. The molecule has 1 aromatic carbocycles. The van der Waals surface area contributed by atoms with Gasteiger partial charge >= 0.3 is 6.18 Å². The molecule has 2 nitrogen and oxygen atoms in total. The molecule has 1 rings (SSSR count). The fraction of sp³-hybridized carbons (Fsp3) is 0.455. The SMILES string of the molecule is CC(OCCNc1ccc(Br)cc1)C(F)(F)F. The van der Waals surface area contributed by atoms with Gasteiger partial charge < -0.3 is 10.1 Å². The highest BCUT2D eigenvalue weighted by molar-refractivity contribution is 9.10. The third-order valence-electron chi connectivity index (χ3n) is 2.10. The first kappa shape index (κ1) is 14.3. The summed E-state index contributed by atoms with van der Waals surface area (Å²) >= 11 is 3.29. The van der Waals surface area contributed by atoms with Crippen molar-refractivity contribution in [3.63, 3.8) is 0 Å². The van der Waals surface area contributed by atoms with Crippen LogP contribution in [0.2, 0.25) is 0 Å². The second-order valence-electron chi connectivity index (χ2n) is 3.49. The van der Waals surface area contributed by atoms with Gasteiger partial charge in [0.25, 0.3) is 0 Å². The number of alkyl halides is 3. The van der Waals surface area contributed by atoms with Crippen LogP contribution in [0, 0.1) is 0 Å². The molecule has 96 valence electrons. The summed E-state index contributed by atoms with van der Waals surface area (Å²) in [6.45, 7) is 1.35. The van der Waals surface area contributed by atoms with Crippen molar-refractivity contribution in [1.82, 2.24) is 0 Å². The summed E-state index contributed by atoms with van der Waals surface area (Å²) < 4.78 is 41.9. The number of halogens is 4. The van der Waals surface area contributed by atoms with Gasteiger partial charge in [-0.2, -0.15) is 13.2 Å². The van der Waals surface area contributed by atoms with Gasteiger partial charge in [0.2, 0.25) is 0 Å². The lowest BCUT2D eigenvalue weighted by atomic mass is 10.3. The zero-order valence-corrected chi connectivity index (χ0v) is 10.8. The zero-order chi connectivity index (χ0) is 12.9. The van der Waals surface area contributed by atoms with Gasteiger partial charge in [-0.15, -0.1) is 0 Å². The summed E-state index contributed by atoms with van der Waals surface area (Å²) in [7, 11) is 0.